The van der Waals surface area contributed by atoms with Gasteiger partial charge in [-0.1, -0.05) is 18.1 Å². The zero-order valence-corrected chi connectivity index (χ0v) is 13.8. The Balaban J connectivity index is 0.00000242. The molecule has 22 heavy (non-hydrogen) atoms. The van der Waals surface area contributed by atoms with Crippen LogP contribution in [0.4, 0.5) is 5.69 Å². The van der Waals surface area contributed by atoms with E-state index in [-0.39, 0.29) is 36.2 Å². The second-order valence-corrected chi connectivity index (χ2v) is 5.74. The maximum absolute atomic E-state index is 12.2. The highest BCUT2D eigenvalue weighted by molar-refractivity contribution is 6.03. The van der Waals surface area contributed by atoms with Crippen LogP contribution in [0.5, 0.6) is 0 Å². The molecule has 2 rings (SSSR count). The van der Waals surface area contributed by atoms with Gasteiger partial charge < -0.3 is 16.4 Å². The van der Waals surface area contributed by atoms with Gasteiger partial charge in [0.15, 0.2) is 0 Å². The summed E-state index contributed by atoms with van der Waals surface area (Å²) in [5.41, 5.74) is 8.01. The summed E-state index contributed by atoms with van der Waals surface area (Å²) in [6, 6.07) is 5.54. The lowest BCUT2D eigenvalue weighted by molar-refractivity contribution is -0.117. The highest BCUT2D eigenvalue weighted by Gasteiger charge is 2.26. The quantitative estimate of drug-likeness (QED) is 0.793. The molecular weight excluding hydrogens is 302 g/mol. The molecule has 6 heteroatoms. The Morgan fingerprint density at radius 2 is 2.05 bits per heavy atom. The lowest BCUT2D eigenvalue weighted by Crippen LogP contribution is -2.29. The molecular formula is C16H24ClN3O2. The number of hydrogen-bond donors (Lipinski definition) is 3. The standard InChI is InChI=1S/C16H23N3O2.ClH/c1-10-6-7-14(12(8-10)16(21)18-2)19-15(20)9-11-4-3-5-13(11)17;/h6-8,11,13H,3-5,9,17H2,1-2H3,(H,18,21)(H,19,20);1H/t11-,13+;/m0./s1. The number of anilines is 1. The molecule has 122 valence electrons. The highest BCUT2D eigenvalue weighted by atomic mass is 35.5. The van der Waals surface area contributed by atoms with Crippen LogP contribution in [0.15, 0.2) is 18.2 Å². The van der Waals surface area contributed by atoms with Crippen molar-refractivity contribution < 1.29 is 9.59 Å². The van der Waals surface area contributed by atoms with Crippen molar-refractivity contribution in [3.05, 3.63) is 29.3 Å². The number of aryl methyl sites for hydroxylation is 1. The fourth-order valence-corrected chi connectivity index (χ4v) is 2.85. The molecule has 0 unspecified atom stereocenters. The molecule has 1 aromatic carbocycles. The van der Waals surface area contributed by atoms with Crippen LogP contribution in [0.3, 0.4) is 0 Å². The molecule has 4 N–H and O–H groups in total. The maximum Gasteiger partial charge on any atom is 0.253 e. The van der Waals surface area contributed by atoms with Crippen molar-refractivity contribution in [2.24, 2.45) is 11.7 Å². The first-order chi connectivity index (χ1) is 10.0. The van der Waals surface area contributed by atoms with Crippen molar-refractivity contribution in [1.82, 2.24) is 5.32 Å². The average molecular weight is 326 g/mol. The van der Waals surface area contributed by atoms with E-state index in [9.17, 15) is 9.59 Å². The number of halogens is 1. The molecule has 0 bridgehead atoms. The van der Waals surface area contributed by atoms with E-state index < -0.39 is 0 Å². The molecule has 1 fully saturated rings. The molecule has 0 spiro atoms. The SMILES string of the molecule is CNC(=O)c1cc(C)ccc1NC(=O)C[C@@H]1CCC[C@H]1N.Cl. The minimum Gasteiger partial charge on any atom is -0.355 e. The Morgan fingerprint density at radius 1 is 1.32 bits per heavy atom. The number of carbonyl (C=O) groups is 2. The van der Waals surface area contributed by atoms with E-state index in [0.717, 1.165) is 24.8 Å². The van der Waals surface area contributed by atoms with Crippen LogP contribution in [0, 0.1) is 12.8 Å². The molecule has 5 nitrogen and oxygen atoms in total. The topological polar surface area (TPSA) is 84.2 Å². The van der Waals surface area contributed by atoms with Crippen LogP contribution in [0.1, 0.15) is 41.6 Å². The third kappa shape index (κ3) is 4.45. The van der Waals surface area contributed by atoms with Gasteiger partial charge in [-0.05, 0) is 37.8 Å². The molecule has 2 amide bonds. The number of nitrogens with one attached hydrogen (secondary N) is 2. The zero-order valence-electron chi connectivity index (χ0n) is 13.0. The molecule has 0 radical (unpaired) electrons. The van der Waals surface area contributed by atoms with Gasteiger partial charge in [-0.15, -0.1) is 12.4 Å². The molecule has 0 saturated heterocycles. The van der Waals surface area contributed by atoms with Crippen molar-refractivity contribution in [2.45, 2.75) is 38.6 Å². The molecule has 2 atom stereocenters. The van der Waals surface area contributed by atoms with E-state index in [4.69, 9.17) is 5.73 Å². The van der Waals surface area contributed by atoms with E-state index >= 15 is 0 Å². The Kier molecular flexibility index (Phi) is 6.84. The maximum atomic E-state index is 12.2. The van der Waals surface area contributed by atoms with Gasteiger partial charge in [0, 0.05) is 19.5 Å². The number of rotatable bonds is 4. The van der Waals surface area contributed by atoms with Gasteiger partial charge in [0.2, 0.25) is 5.91 Å². The normalized spacial score (nSPS) is 20.1. The molecule has 1 aromatic rings. The van der Waals surface area contributed by atoms with Gasteiger partial charge >= 0.3 is 0 Å². The predicted molar refractivity (Wildman–Crippen MR) is 90.4 cm³/mol. The average Bonchev–Trinajstić information content (AvgIpc) is 2.85. The van der Waals surface area contributed by atoms with Crippen LogP contribution in [0.2, 0.25) is 0 Å². The van der Waals surface area contributed by atoms with Crippen molar-refractivity contribution in [3.63, 3.8) is 0 Å². The minimum atomic E-state index is -0.202. The Bertz CT molecular complexity index is 548. The van der Waals surface area contributed by atoms with Gasteiger partial charge in [0.05, 0.1) is 11.3 Å². The zero-order chi connectivity index (χ0) is 15.4. The van der Waals surface area contributed by atoms with Crippen molar-refractivity contribution in [3.8, 4) is 0 Å². The number of nitrogens with two attached hydrogens (primary N) is 1. The summed E-state index contributed by atoms with van der Waals surface area (Å²) < 4.78 is 0. The largest absolute Gasteiger partial charge is 0.355 e. The van der Waals surface area contributed by atoms with Gasteiger partial charge in [0.1, 0.15) is 0 Å². The smallest absolute Gasteiger partial charge is 0.253 e. The Labute approximate surface area is 137 Å². The Hall–Kier alpha value is -1.59. The fourth-order valence-electron chi connectivity index (χ4n) is 2.85. The van der Waals surface area contributed by atoms with E-state index in [1.807, 2.05) is 13.0 Å². The summed E-state index contributed by atoms with van der Waals surface area (Å²) in [6.45, 7) is 1.91. The lowest BCUT2D eigenvalue weighted by atomic mass is 9.99. The van der Waals surface area contributed by atoms with Gasteiger partial charge in [-0.2, -0.15) is 0 Å². The summed E-state index contributed by atoms with van der Waals surface area (Å²) in [6.07, 6.45) is 3.51. The van der Waals surface area contributed by atoms with E-state index in [2.05, 4.69) is 10.6 Å². The van der Waals surface area contributed by atoms with Crippen LogP contribution in [-0.2, 0) is 4.79 Å². The molecule has 0 aromatic heterocycles. The first-order valence-corrected chi connectivity index (χ1v) is 7.39. The number of hydrogen-bond acceptors (Lipinski definition) is 3. The predicted octanol–water partition coefficient (Wildman–Crippen LogP) is 2.23. The second kappa shape index (κ2) is 8.15. The summed E-state index contributed by atoms with van der Waals surface area (Å²) in [7, 11) is 1.58. The first-order valence-electron chi connectivity index (χ1n) is 7.39. The van der Waals surface area contributed by atoms with E-state index in [1.54, 1.807) is 19.2 Å². The van der Waals surface area contributed by atoms with Crippen LogP contribution in [-0.4, -0.2) is 24.9 Å². The molecule has 0 aliphatic heterocycles. The number of amides is 2. The molecule has 1 saturated carbocycles. The number of carbonyl (C=O) groups excluding carboxylic acids is 2. The van der Waals surface area contributed by atoms with Gasteiger partial charge in [-0.25, -0.2) is 0 Å². The van der Waals surface area contributed by atoms with Crippen LogP contribution < -0.4 is 16.4 Å². The van der Waals surface area contributed by atoms with Crippen molar-refractivity contribution in [2.75, 3.05) is 12.4 Å². The number of benzene rings is 1. The highest BCUT2D eigenvalue weighted by Crippen LogP contribution is 2.27. The van der Waals surface area contributed by atoms with Gasteiger partial charge in [0.25, 0.3) is 5.91 Å². The summed E-state index contributed by atoms with van der Waals surface area (Å²) in [5, 5.41) is 5.44. The molecule has 1 aliphatic rings. The summed E-state index contributed by atoms with van der Waals surface area (Å²) >= 11 is 0. The lowest BCUT2D eigenvalue weighted by Gasteiger charge is -2.16. The second-order valence-electron chi connectivity index (χ2n) is 5.74. The van der Waals surface area contributed by atoms with Gasteiger partial charge in [-0.3, -0.25) is 9.59 Å². The van der Waals surface area contributed by atoms with Crippen molar-refractivity contribution in [1.29, 1.82) is 0 Å². The summed E-state index contributed by atoms with van der Waals surface area (Å²) in [5.74, 6) is -0.0307. The first kappa shape index (κ1) is 18.5. The van der Waals surface area contributed by atoms with Crippen LogP contribution >= 0.6 is 12.4 Å². The van der Waals surface area contributed by atoms with Crippen LogP contribution in [0.25, 0.3) is 0 Å². The summed E-state index contributed by atoms with van der Waals surface area (Å²) in [4.78, 5) is 24.0. The third-order valence-corrected chi connectivity index (χ3v) is 4.09. The monoisotopic (exact) mass is 325 g/mol. The Morgan fingerprint density at radius 3 is 2.64 bits per heavy atom. The third-order valence-electron chi connectivity index (χ3n) is 4.09. The fraction of sp³-hybridized carbons (Fsp3) is 0.500. The molecule has 0 heterocycles. The van der Waals surface area contributed by atoms with Crippen molar-refractivity contribution >= 4 is 29.9 Å². The minimum absolute atomic E-state index is 0. The van der Waals surface area contributed by atoms with E-state index in [0.29, 0.717) is 17.7 Å². The van der Waals surface area contributed by atoms with E-state index in [1.165, 1.54) is 0 Å². The molecule has 1 aliphatic carbocycles.